The van der Waals surface area contributed by atoms with Crippen LogP contribution >= 0.6 is 0 Å². The average molecular weight is 207 g/mol. The van der Waals surface area contributed by atoms with Gasteiger partial charge in [0.05, 0.1) is 0 Å². The van der Waals surface area contributed by atoms with Crippen LogP contribution in [0.15, 0.2) is 24.3 Å². The number of carbonyl (C=O) groups excluding carboxylic acids is 1. The third kappa shape index (κ3) is 3.74. The quantitative estimate of drug-likeness (QED) is 0.696. The van der Waals surface area contributed by atoms with E-state index in [0.717, 1.165) is 24.1 Å². The van der Waals surface area contributed by atoms with Crippen LogP contribution in [0.4, 0.5) is 0 Å². The fourth-order valence-corrected chi connectivity index (χ4v) is 1.37. The molecule has 2 rings (SSSR count). The Labute approximate surface area is 92.7 Å². The van der Waals surface area contributed by atoms with Gasteiger partial charge < -0.3 is 5.32 Å². The molecule has 1 amide bonds. The molecule has 84 valence electrons. The number of benzene rings is 1. The minimum Gasteiger partial charge on any atom is -0.352 e. The number of amides is 1. The third-order valence-electron chi connectivity index (χ3n) is 1.94. The van der Waals surface area contributed by atoms with E-state index in [2.05, 4.69) is 5.32 Å². The van der Waals surface area contributed by atoms with E-state index < -0.39 is 0 Å². The van der Waals surface area contributed by atoms with Gasteiger partial charge in [0, 0.05) is 12.1 Å². The Bertz CT molecular complexity index is 294. The van der Waals surface area contributed by atoms with Gasteiger partial charge in [0.2, 0.25) is 0 Å². The minimum absolute atomic E-state index is 0.0619. The molecule has 0 unspecified atom stereocenters. The van der Waals surface area contributed by atoms with E-state index >= 15 is 0 Å². The van der Waals surface area contributed by atoms with Gasteiger partial charge in [-0.05, 0) is 18.1 Å². The van der Waals surface area contributed by atoms with Crippen molar-refractivity contribution >= 4 is 5.91 Å². The van der Waals surface area contributed by atoms with Gasteiger partial charge in [-0.1, -0.05) is 45.9 Å². The van der Waals surface area contributed by atoms with Crippen molar-refractivity contribution in [3.63, 3.8) is 0 Å². The molecule has 0 spiro atoms. The number of nitrogens with one attached hydrogen (secondary N) is 1. The summed E-state index contributed by atoms with van der Waals surface area (Å²) in [5, 5.41) is 2.80. The second kappa shape index (κ2) is 8.04. The Morgan fingerprint density at radius 3 is 2.27 bits per heavy atom. The van der Waals surface area contributed by atoms with E-state index in [0.29, 0.717) is 0 Å². The second-order valence-electron chi connectivity index (χ2n) is 2.66. The molecule has 0 aliphatic carbocycles. The molecule has 0 radical (unpaired) electrons. The summed E-state index contributed by atoms with van der Waals surface area (Å²) < 4.78 is 0. The summed E-state index contributed by atoms with van der Waals surface area (Å²) in [4.78, 5) is 11.2. The summed E-state index contributed by atoms with van der Waals surface area (Å²) in [7, 11) is 0. The van der Waals surface area contributed by atoms with Crippen LogP contribution in [-0.4, -0.2) is 12.5 Å². The maximum absolute atomic E-state index is 11.2. The standard InChI is InChI=1S/C9H9NO.2C2H6/c11-9-8-4-2-1-3-7(8)5-6-10-9;2*1-2/h1-4H,5-6H2,(H,10,11);2*1-2H3. The maximum Gasteiger partial charge on any atom is 0.251 e. The Balaban J connectivity index is 0.000000442. The monoisotopic (exact) mass is 207 g/mol. The van der Waals surface area contributed by atoms with Crippen molar-refractivity contribution in [1.82, 2.24) is 5.32 Å². The molecule has 1 aromatic carbocycles. The number of rotatable bonds is 0. The molecule has 0 atom stereocenters. The molecule has 1 aliphatic heterocycles. The summed E-state index contributed by atoms with van der Waals surface area (Å²) in [5.74, 6) is 0.0619. The van der Waals surface area contributed by atoms with Crippen LogP contribution in [0.1, 0.15) is 43.6 Å². The lowest BCUT2D eigenvalue weighted by atomic mass is 10.0. The zero-order valence-corrected chi connectivity index (χ0v) is 10.1. The molecule has 0 saturated heterocycles. The predicted molar refractivity (Wildman–Crippen MR) is 65.2 cm³/mol. The molecule has 1 aromatic rings. The molecule has 15 heavy (non-hydrogen) atoms. The molecule has 2 heteroatoms. The van der Waals surface area contributed by atoms with E-state index in [1.165, 1.54) is 0 Å². The summed E-state index contributed by atoms with van der Waals surface area (Å²) in [6, 6.07) is 7.74. The first-order valence-corrected chi connectivity index (χ1v) is 5.74. The lowest BCUT2D eigenvalue weighted by Crippen LogP contribution is -2.31. The minimum atomic E-state index is 0.0619. The molecule has 2 nitrogen and oxygen atoms in total. The first-order chi connectivity index (χ1) is 7.38. The molecule has 0 saturated carbocycles. The number of hydrogen-bond acceptors (Lipinski definition) is 1. The highest BCUT2D eigenvalue weighted by Gasteiger charge is 2.14. The van der Waals surface area contributed by atoms with Gasteiger partial charge in [0.1, 0.15) is 0 Å². The van der Waals surface area contributed by atoms with E-state index in [1.807, 2.05) is 52.0 Å². The Kier molecular flexibility index (Phi) is 7.33. The third-order valence-corrected chi connectivity index (χ3v) is 1.94. The van der Waals surface area contributed by atoms with Crippen molar-refractivity contribution in [2.75, 3.05) is 6.54 Å². The summed E-state index contributed by atoms with van der Waals surface area (Å²) in [6.45, 7) is 8.77. The van der Waals surface area contributed by atoms with Crippen LogP contribution in [0.25, 0.3) is 0 Å². The first-order valence-electron chi connectivity index (χ1n) is 5.74. The Morgan fingerprint density at radius 1 is 1.07 bits per heavy atom. The normalized spacial score (nSPS) is 12.1. The highest BCUT2D eigenvalue weighted by Crippen LogP contribution is 2.11. The van der Waals surface area contributed by atoms with E-state index in [4.69, 9.17) is 0 Å². The van der Waals surface area contributed by atoms with E-state index in [1.54, 1.807) is 0 Å². The largest absolute Gasteiger partial charge is 0.352 e. The zero-order chi connectivity index (χ0) is 11.7. The van der Waals surface area contributed by atoms with E-state index in [9.17, 15) is 4.79 Å². The molecule has 1 heterocycles. The van der Waals surface area contributed by atoms with Crippen LogP contribution in [0.5, 0.6) is 0 Å². The molecular formula is C13H21NO. The van der Waals surface area contributed by atoms with Gasteiger partial charge in [-0.3, -0.25) is 4.79 Å². The summed E-state index contributed by atoms with van der Waals surface area (Å²) in [6.07, 6.45) is 0.960. The van der Waals surface area contributed by atoms with Crippen molar-refractivity contribution in [3.8, 4) is 0 Å². The number of hydrogen-bond donors (Lipinski definition) is 1. The Hall–Kier alpha value is -1.31. The molecule has 0 aromatic heterocycles. The highest BCUT2D eigenvalue weighted by molar-refractivity contribution is 5.96. The molecular weight excluding hydrogens is 186 g/mol. The molecule has 1 N–H and O–H groups in total. The van der Waals surface area contributed by atoms with E-state index in [-0.39, 0.29) is 5.91 Å². The number of fused-ring (bicyclic) bond motifs is 1. The lowest BCUT2D eigenvalue weighted by Gasteiger charge is -2.15. The first kappa shape index (κ1) is 13.7. The van der Waals surface area contributed by atoms with Crippen LogP contribution in [0.3, 0.4) is 0 Å². The van der Waals surface area contributed by atoms with Gasteiger partial charge >= 0.3 is 0 Å². The van der Waals surface area contributed by atoms with Crippen LogP contribution in [0.2, 0.25) is 0 Å². The van der Waals surface area contributed by atoms with Crippen LogP contribution in [-0.2, 0) is 6.42 Å². The second-order valence-corrected chi connectivity index (χ2v) is 2.66. The lowest BCUT2D eigenvalue weighted by molar-refractivity contribution is 0.0946. The average Bonchev–Trinajstić information content (AvgIpc) is 2.35. The van der Waals surface area contributed by atoms with Crippen molar-refractivity contribution in [2.45, 2.75) is 34.1 Å². The van der Waals surface area contributed by atoms with Gasteiger partial charge in [0.15, 0.2) is 0 Å². The highest BCUT2D eigenvalue weighted by atomic mass is 16.1. The molecule has 1 aliphatic rings. The predicted octanol–water partition coefficient (Wildman–Crippen LogP) is 3.02. The van der Waals surface area contributed by atoms with Gasteiger partial charge in [0.25, 0.3) is 5.91 Å². The van der Waals surface area contributed by atoms with Gasteiger partial charge in [-0.2, -0.15) is 0 Å². The fourth-order valence-electron chi connectivity index (χ4n) is 1.37. The molecule has 0 fully saturated rings. The summed E-state index contributed by atoms with van der Waals surface area (Å²) >= 11 is 0. The number of carbonyl (C=O) groups is 1. The van der Waals surface area contributed by atoms with Crippen molar-refractivity contribution in [1.29, 1.82) is 0 Å². The Morgan fingerprint density at radius 2 is 1.67 bits per heavy atom. The molecule has 0 bridgehead atoms. The summed E-state index contributed by atoms with van der Waals surface area (Å²) in [5.41, 5.74) is 2.00. The van der Waals surface area contributed by atoms with Gasteiger partial charge in [-0.25, -0.2) is 0 Å². The fraction of sp³-hybridized carbons (Fsp3) is 0.462. The maximum atomic E-state index is 11.2. The van der Waals surface area contributed by atoms with Gasteiger partial charge in [-0.15, -0.1) is 0 Å². The zero-order valence-electron chi connectivity index (χ0n) is 10.1. The SMILES string of the molecule is CC.CC.O=C1NCCc2ccccc21. The van der Waals surface area contributed by atoms with Crippen molar-refractivity contribution < 1.29 is 4.79 Å². The topological polar surface area (TPSA) is 29.1 Å². The van der Waals surface area contributed by atoms with Crippen LogP contribution < -0.4 is 5.32 Å². The van der Waals surface area contributed by atoms with Crippen molar-refractivity contribution in [3.05, 3.63) is 35.4 Å². The van der Waals surface area contributed by atoms with Crippen LogP contribution in [0, 0.1) is 0 Å². The smallest absolute Gasteiger partial charge is 0.251 e. The van der Waals surface area contributed by atoms with Crippen molar-refractivity contribution in [2.24, 2.45) is 0 Å².